The van der Waals surface area contributed by atoms with Crippen molar-refractivity contribution in [3.8, 4) is 0 Å². The molecule has 1 saturated carbocycles. The van der Waals surface area contributed by atoms with Crippen LogP contribution in [0.2, 0.25) is 0 Å². The van der Waals surface area contributed by atoms with Crippen LogP contribution in [0.4, 0.5) is 0 Å². The summed E-state index contributed by atoms with van der Waals surface area (Å²) in [5.41, 5.74) is 2.58. The van der Waals surface area contributed by atoms with Crippen molar-refractivity contribution >= 4 is 10.9 Å². The number of hydrogen-bond donors (Lipinski definition) is 2. The average Bonchev–Trinajstić information content (AvgIpc) is 3.45. The van der Waals surface area contributed by atoms with Crippen molar-refractivity contribution < 1.29 is 0 Å². The summed E-state index contributed by atoms with van der Waals surface area (Å²) in [6.07, 6.45) is 17.5. The van der Waals surface area contributed by atoms with Crippen LogP contribution in [0, 0.1) is 5.92 Å². The van der Waals surface area contributed by atoms with Crippen LogP contribution in [0.15, 0.2) is 42.6 Å². The number of aromatic amines is 1. The highest BCUT2D eigenvalue weighted by Gasteiger charge is 2.30. The molecule has 158 valence electrons. The van der Waals surface area contributed by atoms with E-state index >= 15 is 0 Å². The summed E-state index contributed by atoms with van der Waals surface area (Å²) in [6.45, 7) is 0.921. The lowest BCUT2D eigenvalue weighted by molar-refractivity contribution is 0.274. The number of nitrogens with zero attached hydrogens (tertiary/aromatic N) is 4. The summed E-state index contributed by atoms with van der Waals surface area (Å²) < 4.78 is 2.15. The number of nitrogens with one attached hydrogen (secondary N) is 2. The lowest BCUT2D eigenvalue weighted by Gasteiger charge is -2.30. The van der Waals surface area contributed by atoms with E-state index in [-0.39, 0.29) is 6.04 Å². The topological polar surface area (TPSA) is 71.4 Å². The molecule has 0 spiro atoms. The zero-order chi connectivity index (χ0) is 20.2. The maximum absolute atomic E-state index is 4.54. The van der Waals surface area contributed by atoms with Crippen molar-refractivity contribution in [2.24, 2.45) is 5.92 Å². The van der Waals surface area contributed by atoms with Gasteiger partial charge >= 0.3 is 0 Å². The minimum absolute atomic E-state index is 0.206. The number of hydrogen-bond acceptors (Lipinski definition) is 4. The van der Waals surface area contributed by atoms with E-state index in [0.717, 1.165) is 31.6 Å². The largest absolute Gasteiger partial charge is 0.361 e. The van der Waals surface area contributed by atoms with Crippen LogP contribution < -0.4 is 5.32 Å². The molecule has 3 aromatic rings. The molecule has 0 saturated heterocycles. The van der Waals surface area contributed by atoms with E-state index in [0.29, 0.717) is 12.0 Å². The molecule has 2 aliphatic carbocycles. The molecule has 2 heterocycles. The predicted molar refractivity (Wildman–Crippen MR) is 119 cm³/mol. The first-order valence-electron chi connectivity index (χ1n) is 11.6. The Labute approximate surface area is 178 Å². The third kappa shape index (κ3) is 4.06. The van der Waals surface area contributed by atoms with Crippen LogP contribution in [0.25, 0.3) is 10.9 Å². The molecule has 2 atom stereocenters. The first kappa shape index (κ1) is 19.5. The second-order valence-corrected chi connectivity index (χ2v) is 8.86. The summed E-state index contributed by atoms with van der Waals surface area (Å²) in [4.78, 5) is 3.40. The lowest BCUT2D eigenvalue weighted by atomic mass is 9.86. The summed E-state index contributed by atoms with van der Waals surface area (Å²) in [5.74, 6) is 1.59. The predicted octanol–water partition coefficient (Wildman–Crippen LogP) is 4.89. The molecule has 2 unspecified atom stereocenters. The van der Waals surface area contributed by atoms with Gasteiger partial charge in [0.25, 0.3) is 0 Å². The van der Waals surface area contributed by atoms with Gasteiger partial charge in [0.15, 0.2) is 5.82 Å². The molecule has 2 aromatic heterocycles. The number of aromatic nitrogens is 5. The number of para-hydroxylation sites is 1. The van der Waals surface area contributed by atoms with Gasteiger partial charge in [0.2, 0.25) is 0 Å². The normalized spacial score (nSPS) is 21.3. The molecule has 0 aliphatic heterocycles. The number of tetrazole rings is 1. The van der Waals surface area contributed by atoms with Gasteiger partial charge in [0.05, 0.1) is 12.1 Å². The average molecular weight is 405 g/mol. The molecule has 2 N–H and O–H groups in total. The van der Waals surface area contributed by atoms with E-state index in [1.807, 2.05) is 0 Å². The van der Waals surface area contributed by atoms with Crippen LogP contribution in [-0.4, -0.2) is 31.7 Å². The molecule has 30 heavy (non-hydrogen) atoms. The highest BCUT2D eigenvalue weighted by Crippen LogP contribution is 2.34. The fraction of sp³-hybridized carbons (Fsp3) is 0.542. The van der Waals surface area contributed by atoms with Gasteiger partial charge in [-0.1, -0.05) is 49.6 Å². The first-order chi connectivity index (χ1) is 14.9. The van der Waals surface area contributed by atoms with Crippen LogP contribution in [0.1, 0.15) is 74.8 Å². The number of allylic oxidation sites excluding steroid dienone is 2. The van der Waals surface area contributed by atoms with Gasteiger partial charge in [-0.3, -0.25) is 0 Å². The van der Waals surface area contributed by atoms with Gasteiger partial charge in [0.1, 0.15) is 0 Å². The molecule has 2 aliphatic rings. The molecule has 1 aromatic carbocycles. The quantitative estimate of drug-likeness (QED) is 0.550. The van der Waals surface area contributed by atoms with Gasteiger partial charge in [-0.25, -0.2) is 4.68 Å². The Morgan fingerprint density at radius 1 is 1.10 bits per heavy atom. The molecule has 6 nitrogen and oxygen atoms in total. The molecule has 6 heteroatoms. The van der Waals surface area contributed by atoms with E-state index in [4.69, 9.17) is 0 Å². The Balaban J connectivity index is 1.34. The van der Waals surface area contributed by atoms with E-state index in [1.165, 1.54) is 55.0 Å². The molecule has 5 rings (SSSR count). The second-order valence-electron chi connectivity index (χ2n) is 8.86. The molecule has 1 fully saturated rings. The Kier molecular flexibility index (Phi) is 5.93. The van der Waals surface area contributed by atoms with E-state index in [2.05, 4.69) is 73.1 Å². The summed E-state index contributed by atoms with van der Waals surface area (Å²) >= 11 is 0. The van der Waals surface area contributed by atoms with Gasteiger partial charge in [-0.15, -0.1) is 5.10 Å². The Morgan fingerprint density at radius 2 is 2.00 bits per heavy atom. The van der Waals surface area contributed by atoms with Crippen molar-refractivity contribution in [3.63, 3.8) is 0 Å². The monoisotopic (exact) mass is 404 g/mol. The van der Waals surface area contributed by atoms with E-state index in [9.17, 15) is 0 Å². The van der Waals surface area contributed by atoms with Crippen molar-refractivity contribution in [1.82, 2.24) is 30.5 Å². The smallest absolute Gasteiger partial charge is 0.168 e. The highest BCUT2D eigenvalue weighted by molar-refractivity contribution is 5.83. The fourth-order valence-electron chi connectivity index (χ4n) is 5.28. The zero-order valence-electron chi connectivity index (χ0n) is 17.6. The molecule has 0 radical (unpaired) electrons. The number of rotatable bonds is 7. The van der Waals surface area contributed by atoms with E-state index < -0.39 is 0 Å². The molecular weight excluding hydrogens is 372 g/mol. The van der Waals surface area contributed by atoms with Crippen LogP contribution in [0.3, 0.4) is 0 Å². The van der Waals surface area contributed by atoms with Gasteiger partial charge < -0.3 is 10.3 Å². The molecule has 0 amide bonds. The van der Waals surface area contributed by atoms with Crippen molar-refractivity contribution in [3.05, 3.63) is 54.0 Å². The van der Waals surface area contributed by atoms with Crippen LogP contribution in [0.5, 0.6) is 0 Å². The Bertz CT molecular complexity index is 980. The summed E-state index contributed by atoms with van der Waals surface area (Å²) in [6, 6.07) is 9.20. The minimum Gasteiger partial charge on any atom is -0.361 e. The fourth-order valence-corrected chi connectivity index (χ4v) is 5.28. The SMILES string of the molecule is C1=CCC(C(NCCc2c[nH]c3ccccc23)c2nnnn2C2CCCCC2)CC1. The maximum Gasteiger partial charge on any atom is 0.168 e. The third-order valence-corrected chi connectivity index (χ3v) is 6.93. The van der Waals surface area contributed by atoms with Gasteiger partial charge in [-0.05, 0) is 73.0 Å². The summed E-state index contributed by atoms with van der Waals surface area (Å²) in [5, 5.41) is 18.3. The zero-order valence-corrected chi connectivity index (χ0v) is 17.6. The van der Waals surface area contributed by atoms with Crippen molar-refractivity contribution in [1.29, 1.82) is 0 Å². The second kappa shape index (κ2) is 9.13. The Hall–Kier alpha value is -2.47. The number of benzene rings is 1. The van der Waals surface area contributed by atoms with Gasteiger partial charge in [0, 0.05) is 17.1 Å². The minimum atomic E-state index is 0.206. The maximum atomic E-state index is 4.54. The number of H-pyrrole nitrogens is 1. The van der Waals surface area contributed by atoms with Gasteiger partial charge in [-0.2, -0.15) is 0 Å². The van der Waals surface area contributed by atoms with Crippen molar-refractivity contribution in [2.45, 2.75) is 69.9 Å². The number of fused-ring (bicyclic) bond motifs is 1. The standard InChI is InChI=1S/C24H32N6/c1-3-9-18(10-4-1)23(24-27-28-29-30(24)20-11-5-2-6-12-20)25-16-15-19-17-26-22-14-8-7-13-21(19)22/h1,3,7-8,13-14,17-18,20,23,25-26H,2,4-6,9-12,15-16H2. The summed E-state index contributed by atoms with van der Waals surface area (Å²) in [7, 11) is 0. The van der Waals surface area contributed by atoms with E-state index in [1.54, 1.807) is 0 Å². The Morgan fingerprint density at radius 3 is 2.87 bits per heavy atom. The van der Waals surface area contributed by atoms with Crippen LogP contribution >= 0.6 is 0 Å². The van der Waals surface area contributed by atoms with Crippen LogP contribution in [-0.2, 0) is 6.42 Å². The van der Waals surface area contributed by atoms with Crippen molar-refractivity contribution in [2.75, 3.05) is 6.54 Å². The third-order valence-electron chi connectivity index (χ3n) is 6.93. The molecule has 0 bridgehead atoms. The lowest BCUT2D eigenvalue weighted by Crippen LogP contribution is -2.34. The highest BCUT2D eigenvalue weighted by atomic mass is 15.6. The first-order valence-corrected chi connectivity index (χ1v) is 11.6. The molecular formula is C24H32N6.